The van der Waals surface area contributed by atoms with Crippen LogP contribution in [0.3, 0.4) is 0 Å². The molecule has 1 atom stereocenters. The number of alkyl halides is 3. The Balaban J connectivity index is 3.00. The monoisotopic (exact) mass is 325 g/mol. The summed E-state index contributed by atoms with van der Waals surface area (Å²) in [5.74, 6) is -1.20. The van der Waals surface area contributed by atoms with Crippen LogP contribution in [0, 0.1) is 0 Å². The van der Waals surface area contributed by atoms with Crippen LogP contribution >= 0.6 is 0 Å². The number of hydrogen-bond acceptors (Lipinski definition) is 4. The SMILES string of the molecule is COCCNC(=O)C1(C(F)(F)F)C/C(=C/CCO)CCCO1. The average molecular weight is 325 g/mol. The summed E-state index contributed by atoms with van der Waals surface area (Å²) in [7, 11) is 1.39. The fraction of sp³-hybridized carbons (Fsp3) is 0.786. The molecule has 0 aromatic rings. The van der Waals surface area contributed by atoms with Crippen LogP contribution in [0.2, 0.25) is 0 Å². The van der Waals surface area contributed by atoms with E-state index in [2.05, 4.69) is 5.32 Å². The van der Waals surface area contributed by atoms with Gasteiger partial charge in [-0.1, -0.05) is 11.6 Å². The quantitative estimate of drug-likeness (QED) is 0.574. The minimum Gasteiger partial charge on any atom is -0.396 e. The molecule has 128 valence electrons. The molecule has 0 aromatic heterocycles. The summed E-state index contributed by atoms with van der Waals surface area (Å²) >= 11 is 0. The molecular formula is C14H22F3NO4. The number of ether oxygens (including phenoxy) is 2. The highest BCUT2D eigenvalue weighted by Crippen LogP contribution is 2.41. The van der Waals surface area contributed by atoms with Gasteiger partial charge in [-0.2, -0.15) is 13.2 Å². The van der Waals surface area contributed by atoms with E-state index in [0.29, 0.717) is 18.4 Å². The minimum atomic E-state index is -4.83. The smallest absolute Gasteiger partial charge is 0.396 e. The van der Waals surface area contributed by atoms with Gasteiger partial charge in [0.1, 0.15) is 0 Å². The molecule has 0 aromatic carbocycles. The molecule has 2 N–H and O–H groups in total. The summed E-state index contributed by atoms with van der Waals surface area (Å²) in [4.78, 5) is 12.1. The Labute approximate surface area is 127 Å². The Morgan fingerprint density at radius 2 is 2.27 bits per heavy atom. The summed E-state index contributed by atoms with van der Waals surface area (Å²) in [6.07, 6.45) is -2.74. The summed E-state index contributed by atoms with van der Waals surface area (Å²) in [5, 5.41) is 11.0. The van der Waals surface area contributed by atoms with Crippen molar-refractivity contribution in [3.63, 3.8) is 0 Å². The van der Waals surface area contributed by atoms with Gasteiger partial charge in [0.05, 0.1) is 6.61 Å². The predicted octanol–water partition coefficient (Wildman–Crippen LogP) is 1.56. The molecule has 1 amide bonds. The number of rotatable bonds is 6. The molecule has 1 aliphatic heterocycles. The Morgan fingerprint density at radius 3 is 2.86 bits per heavy atom. The van der Waals surface area contributed by atoms with Gasteiger partial charge < -0.3 is 19.9 Å². The van der Waals surface area contributed by atoms with Gasteiger partial charge >= 0.3 is 6.18 Å². The van der Waals surface area contributed by atoms with E-state index in [1.807, 2.05) is 0 Å². The maximum absolute atomic E-state index is 13.5. The number of aliphatic hydroxyl groups is 1. The summed E-state index contributed by atoms with van der Waals surface area (Å²) in [6, 6.07) is 0. The highest BCUT2D eigenvalue weighted by Gasteiger charge is 2.62. The first-order chi connectivity index (χ1) is 10.4. The van der Waals surface area contributed by atoms with Crippen molar-refractivity contribution >= 4 is 5.91 Å². The number of methoxy groups -OCH3 is 1. The Bertz CT molecular complexity index is 398. The van der Waals surface area contributed by atoms with Crippen molar-refractivity contribution in [3.8, 4) is 0 Å². The van der Waals surface area contributed by atoms with Crippen molar-refractivity contribution in [2.24, 2.45) is 0 Å². The second-order valence-corrected chi connectivity index (χ2v) is 5.08. The van der Waals surface area contributed by atoms with Crippen LogP contribution in [-0.4, -0.2) is 56.3 Å². The molecule has 1 heterocycles. The second kappa shape index (κ2) is 8.50. The van der Waals surface area contributed by atoms with Gasteiger partial charge in [-0.25, -0.2) is 0 Å². The molecule has 0 aliphatic carbocycles. The molecule has 1 aliphatic rings. The number of amides is 1. The van der Waals surface area contributed by atoms with Crippen molar-refractivity contribution in [2.75, 3.05) is 33.5 Å². The molecule has 0 radical (unpaired) electrons. The molecule has 0 bridgehead atoms. The van der Waals surface area contributed by atoms with Gasteiger partial charge in [-0.3, -0.25) is 4.79 Å². The van der Waals surface area contributed by atoms with E-state index >= 15 is 0 Å². The number of aliphatic hydroxyl groups excluding tert-OH is 1. The van der Waals surface area contributed by atoms with Crippen molar-refractivity contribution in [1.29, 1.82) is 0 Å². The Kier molecular flexibility index (Phi) is 7.31. The van der Waals surface area contributed by atoms with Crippen LogP contribution in [0.25, 0.3) is 0 Å². The maximum Gasteiger partial charge on any atom is 0.426 e. The molecule has 8 heteroatoms. The maximum atomic E-state index is 13.5. The molecule has 0 saturated carbocycles. The van der Waals surface area contributed by atoms with E-state index in [-0.39, 0.29) is 32.8 Å². The zero-order chi connectivity index (χ0) is 16.6. The molecular weight excluding hydrogens is 303 g/mol. The first-order valence-corrected chi connectivity index (χ1v) is 7.14. The van der Waals surface area contributed by atoms with Gasteiger partial charge in [0.15, 0.2) is 0 Å². The van der Waals surface area contributed by atoms with Gasteiger partial charge in [-0.05, 0) is 19.3 Å². The fourth-order valence-corrected chi connectivity index (χ4v) is 2.31. The van der Waals surface area contributed by atoms with E-state index in [4.69, 9.17) is 14.6 Å². The third-order valence-electron chi connectivity index (χ3n) is 3.45. The number of nitrogens with one attached hydrogen (secondary N) is 1. The normalized spacial score (nSPS) is 25.0. The average Bonchev–Trinajstić information content (AvgIpc) is 2.68. The van der Waals surface area contributed by atoms with Crippen LogP contribution in [0.15, 0.2) is 11.6 Å². The van der Waals surface area contributed by atoms with Crippen molar-refractivity contribution in [1.82, 2.24) is 5.32 Å². The van der Waals surface area contributed by atoms with E-state index in [1.165, 1.54) is 7.11 Å². The summed E-state index contributed by atoms with van der Waals surface area (Å²) < 4.78 is 50.3. The topological polar surface area (TPSA) is 67.8 Å². The molecule has 22 heavy (non-hydrogen) atoms. The fourth-order valence-electron chi connectivity index (χ4n) is 2.31. The van der Waals surface area contributed by atoms with Crippen molar-refractivity contribution in [2.45, 2.75) is 37.5 Å². The standard InChI is InChI=1S/C14H22F3NO4/c1-21-9-6-18-12(20)13(14(15,16)17)10-11(4-2-7-19)5-3-8-22-13/h4,19H,2-3,5-10H2,1H3,(H,18,20)/b11-4+. The molecule has 0 spiro atoms. The summed E-state index contributed by atoms with van der Waals surface area (Å²) in [6.45, 7) is -0.198. The lowest BCUT2D eigenvalue weighted by Crippen LogP contribution is -2.59. The van der Waals surface area contributed by atoms with Crippen LogP contribution in [-0.2, 0) is 14.3 Å². The van der Waals surface area contributed by atoms with Crippen LogP contribution in [0.4, 0.5) is 13.2 Å². The van der Waals surface area contributed by atoms with Gasteiger partial charge in [-0.15, -0.1) is 0 Å². The third kappa shape index (κ3) is 4.69. The summed E-state index contributed by atoms with van der Waals surface area (Å²) in [5.41, 5.74) is -2.40. The second-order valence-electron chi connectivity index (χ2n) is 5.08. The largest absolute Gasteiger partial charge is 0.426 e. The van der Waals surface area contributed by atoms with Crippen LogP contribution < -0.4 is 5.32 Å². The van der Waals surface area contributed by atoms with E-state index < -0.39 is 24.1 Å². The Hall–Kier alpha value is -1.12. The highest BCUT2D eigenvalue weighted by molar-refractivity contribution is 5.86. The van der Waals surface area contributed by atoms with E-state index in [0.717, 1.165) is 0 Å². The highest BCUT2D eigenvalue weighted by atomic mass is 19.4. The lowest BCUT2D eigenvalue weighted by Gasteiger charge is -2.33. The molecule has 1 saturated heterocycles. The lowest BCUT2D eigenvalue weighted by molar-refractivity contribution is -0.265. The van der Waals surface area contributed by atoms with Crippen molar-refractivity contribution < 1.29 is 32.5 Å². The predicted molar refractivity (Wildman–Crippen MR) is 73.3 cm³/mol. The van der Waals surface area contributed by atoms with Gasteiger partial charge in [0, 0.05) is 33.3 Å². The number of halogens is 3. The van der Waals surface area contributed by atoms with Crippen molar-refractivity contribution in [3.05, 3.63) is 11.6 Å². The van der Waals surface area contributed by atoms with E-state index in [1.54, 1.807) is 6.08 Å². The molecule has 1 unspecified atom stereocenters. The number of hydrogen-bond donors (Lipinski definition) is 2. The number of carbonyl (C=O) groups is 1. The van der Waals surface area contributed by atoms with Crippen LogP contribution in [0.5, 0.6) is 0 Å². The lowest BCUT2D eigenvalue weighted by atomic mass is 9.90. The molecule has 5 nitrogen and oxygen atoms in total. The molecule has 1 rings (SSSR count). The minimum absolute atomic E-state index is 0.0216. The van der Waals surface area contributed by atoms with Gasteiger partial charge in [0.25, 0.3) is 5.91 Å². The first kappa shape index (κ1) is 18.9. The zero-order valence-corrected chi connectivity index (χ0v) is 12.5. The Morgan fingerprint density at radius 1 is 1.55 bits per heavy atom. The van der Waals surface area contributed by atoms with E-state index in [9.17, 15) is 18.0 Å². The van der Waals surface area contributed by atoms with Crippen LogP contribution in [0.1, 0.15) is 25.7 Å². The first-order valence-electron chi connectivity index (χ1n) is 7.14. The third-order valence-corrected chi connectivity index (χ3v) is 3.45. The number of carbonyl (C=O) groups excluding carboxylic acids is 1. The van der Waals surface area contributed by atoms with Gasteiger partial charge in [0.2, 0.25) is 5.60 Å². The molecule has 1 fully saturated rings. The zero-order valence-electron chi connectivity index (χ0n) is 12.5.